The molecule has 0 aliphatic carbocycles. The molecule has 1 aromatic heterocycles. The molecule has 160 valence electrons. The van der Waals surface area contributed by atoms with Crippen LogP contribution in [0.25, 0.3) is 22.6 Å². The molecule has 2 heterocycles. The Balaban J connectivity index is 1.49. The highest BCUT2D eigenvalue weighted by Gasteiger charge is 2.30. The van der Waals surface area contributed by atoms with Gasteiger partial charge in [0.15, 0.2) is 17.8 Å². The highest BCUT2D eigenvalue weighted by Crippen LogP contribution is 2.32. The number of hydrogen-bond donors (Lipinski definition) is 0. The predicted molar refractivity (Wildman–Crippen MR) is 114 cm³/mol. The van der Waals surface area contributed by atoms with Crippen LogP contribution in [0.5, 0.6) is 0 Å². The molecule has 0 bridgehead atoms. The average molecular weight is 420 g/mol. The molecule has 0 saturated carbocycles. The Bertz CT molecular complexity index is 976. The van der Waals surface area contributed by atoms with Crippen LogP contribution in [-0.2, 0) is 25.5 Å². The van der Waals surface area contributed by atoms with Gasteiger partial charge in [-0.05, 0) is 0 Å². The van der Waals surface area contributed by atoms with Crippen molar-refractivity contribution < 1.29 is 23.5 Å². The van der Waals surface area contributed by atoms with E-state index in [-0.39, 0.29) is 18.9 Å². The first-order valence-corrected chi connectivity index (χ1v) is 10.2. The molecule has 4 rings (SSSR count). The molecule has 1 amide bonds. The van der Waals surface area contributed by atoms with E-state index in [1.165, 1.54) is 7.11 Å². The van der Waals surface area contributed by atoms with Crippen LogP contribution in [0.15, 0.2) is 65.1 Å². The third-order valence-corrected chi connectivity index (χ3v) is 5.19. The molecule has 31 heavy (non-hydrogen) atoms. The minimum atomic E-state index is -0.737. The highest BCUT2D eigenvalue weighted by atomic mass is 16.6. The van der Waals surface area contributed by atoms with Crippen molar-refractivity contribution >= 4 is 11.9 Å². The standard InChI is InChI=1S/C24H24N2O5/c1-29-24(28)19-16-26(14-15-30-19)21(27)13-12-20-25-22(17-8-4-2-5-9-17)23(31-20)18-10-6-3-7-11-18/h2-11,19H,12-16H2,1H3. The monoisotopic (exact) mass is 420 g/mol. The Morgan fingerprint density at radius 1 is 1.06 bits per heavy atom. The van der Waals surface area contributed by atoms with Crippen molar-refractivity contribution in [2.45, 2.75) is 18.9 Å². The van der Waals surface area contributed by atoms with Crippen molar-refractivity contribution in [2.24, 2.45) is 0 Å². The average Bonchev–Trinajstić information content (AvgIpc) is 3.27. The fourth-order valence-electron chi connectivity index (χ4n) is 3.57. The summed E-state index contributed by atoms with van der Waals surface area (Å²) in [6.45, 7) is 0.949. The van der Waals surface area contributed by atoms with Gasteiger partial charge in [0.05, 0.1) is 20.3 Å². The van der Waals surface area contributed by atoms with Crippen LogP contribution in [0.3, 0.4) is 0 Å². The van der Waals surface area contributed by atoms with Crippen LogP contribution >= 0.6 is 0 Å². The van der Waals surface area contributed by atoms with Gasteiger partial charge in [-0.1, -0.05) is 60.7 Å². The third-order valence-electron chi connectivity index (χ3n) is 5.19. The lowest BCUT2D eigenvalue weighted by atomic mass is 10.1. The molecule has 1 atom stereocenters. The fourth-order valence-corrected chi connectivity index (χ4v) is 3.57. The highest BCUT2D eigenvalue weighted by molar-refractivity contribution is 5.80. The lowest BCUT2D eigenvalue weighted by Crippen LogP contribution is -2.48. The number of nitrogens with zero attached hydrogens (tertiary/aromatic N) is 2. The van der Waals surface area contributed by atoms with Crippen LogP contribution in [0.4, 0.5) is 0 Å². The molecule has 0 spiro atoms. The lowest BCUT2D eigenvalue weighted by molar-refractivity contribution is -0.162. The van der Waals surface area contributed by atoms with E-state index < -0.39 is 12.1 Å². The number of aromatic nitrogens is 1. The van der Waals surface area contributed by atoms with E-state index in [0.29, 0.717) is 31.2 Å². The van der Waals surface area contributed by atoms with Gasteiger partial charge in [0.2, 0.25) is 5.91 Å². The molecular formula is C24H24N2O5. The normalized spacial score (nSPS) is 16.2. The van der Waals surface area contributed by atoms with Crippen LogP contribution in [0.1, 0.15) is 12.3 Å². The van der Waals surface area contributed by atoms with Crippen LogP contribution in [0, 0.1) is 0 Å². The van der Waals surface area contributed by atoms with Crippen LogP contribution < -0.4 is 0 Å². The van der Waals surface area contributed by atoms with Crippen LogP contribution in [-0.4, -0.2) is 54.7 Å². The number of amides is 1. The molecule has 1 fully saturated rings. The number of rotatable bonds is 6. The summed E-state index contributed by atoms with van der Waals surface area (Å²) in [6, 6.07) is 19.6. The first kappa shape index (κ1) is 20.8. The number of benzene rings is 2. The summed E-state index contributed by atoms with van der Waals surface area (Å²) in [5.41, 5.74) is 2.64. The van der Waals surface area contributed by atoms with Crippen LogP contribution in [0.2, 0.25) is 0 Å². The zero-order valence-electron chi connectivity index (χ0n) is 17.3. The number of hydrogen-bond acceptors (Lipinski definition) is 6. The quantitative estimate of drug-likeness (QED) is 0.569. The summed E-state index contributed by atoms with van der Waals surface area (Å²) in [6.07, 6.45) is -0.137. The molecule has 0 radical (unpaired) electrons. The largest absolute Gasteiger partial charge is 0.467 e. The van der Waals surface area contributed by atoms with Crippen molar-refractivity contribution in [3.63, 3.8) is 0 Å². The Kier molecular flexibility index (Phi) is 6.43. The zero-order chi connectivity index (χ0) is 21.6. The summed E-state index contributed by atoms with van der Waals surface area (Å²) >= 11 is 0. The van der Waals surface area contributed by atoms with Gasteiger partial charge in [-0.25, -0.2) is 9.78 Å². The van der Waals surface area contributed by atoms with E-state index in [1.807, 2.05) is 60.7 Å². The van der Waals surface area contributed by atoms with Crippen molar-refractivity contribution in [3.05, 3.63) is 66.6 Å². The molecule has 0 N–H and O–H groups in total. The topological polar surface area (TPSA) is 81.9 Å². The van der Waals surface area contributed by atoms with Gasteiger partial charge < -0.3 is 18.8 Å². The minimum absolute atomic E-state index is 0.0714. The second-order valence-corrected chi connectivity index (χ2v) is 7.24. The number of carbonyl (C=O) groups is 2. The molecule has 1 aliphatic rings. The summed E-state index contributed by atoms with van der Waals surface area (Å²) in [7, 11) is 1.31. The van der Waals surface area contributed by atoms with Gasteiger partial charge in [-0.15, -0.1) is 0 Å². The summed E-state index contributed by atoms with van der Waals surface area (Å²) in [4.78, 5) is 30.7. The van der Waals surface area contributed by atoms with Crippen molar-refractivity contribution in [1.29, 1.82) is 0 Å². The van der Waals surface area contributed by atoms with Gasteiger partial charge >= 0.3 is 5.97 Å². The molecule has 7 nitrogen and oxygen atoms in total. The number of aryl methyl sites for hydroxylation is 1. The van der Waals surface area contributed by atoms with E-state index in [4.69, 9.17) is 18.9 Å². The van der Waals surface area contributed by atoms with E-state index in [0.717, 1.165) is 16.8 Å². The Labute approximate surface area is 180 Å². The van der Waals surface area contributed by atoms with E-state index in [2.05, 4.69) is 0 Å². The lowest BCUT2D eigenvalue weighted by Gasteiger charge is -2.31. The number of esters is 1. The van der Waals surface area contributed by atoms with Crippen molar-refractivity contribution in [1.82, 2.24) is 9.88 Å². The van der Waals surface area contributed by atoms with Gasteiger partial charge in [-0.3, -0.25) is 4.79 Å². The predicted octanol–water partition coefficient (Wildman–Crippen LogP) is 3.34. The van der Waals surface area contributed by atoms with Crippen molar-refractivity contribution in [3.8, 4) is 22.6 Å². The van der Waals surface area contributed by atoms with E-state index in [9.17, 15) is 9.59 Å². The summed E-state index contributed by atoms with van der Waals surface area (Å²) in [5.74, 6) is 0.651. The third kappa shape index (κ3) is 4.83. The molecule has 7 heteroatoms. The number of oxazole rings is 1. The molecule has 1 unspecified atom stereocenters. The van der Waals surface area contributed by atoms with Gasteiger partial charge in [0, 0.05) is 30.5 Å². The van der Waals surface area contributed by atoms with Gasteiger partial charge in [0.1, 0.15) is 5.69 Å². The second kappa shape index (κ2) is 9.57. The summed E-state index contributed by atoms with van der Waals surface area (Å²) < 4.78 is 16.2. The maximum absolute atomic E-state index is 12.7. The number of morpholine rings is 1. The molecular weight excluding hydrogens is 396 g/mol. The van der Waals surface area contributed by atoms with Gasteiger partial charge in [-0.2, -0.15) is 0 Å². The Morgan fingerprint density at radius 2 is 1.74 bits per heavy atom. The maximum atomic E-state index is 12.7. The molecule has 1 aliphatic heterocycles. The molecule has 2 aromatic carbocycles. The first-order valence-electron chi connectivity index (χ1n) is 10.2. The molecule has 1 saturated heterocycles. The second-order valence-electron chi connectivity index (χ2n) is 7.24. The van der Waals surface area contributed by atoms with Crippen molar-refractivity contribution in [2.75, 3.05) is 26.8 Å². The maximum Gasteiger partial charge on any atom is 0.336 e. The molecule has 3 aromatic rings. The SMILES string of the molecule is COC(=O)C1CN(C(=O)CCc2nc(-c3ccccc3)c(-c3ccccc3)o2)CCO1. The number of ether oxygens (including phenoxy) is 2. The zero-order valence-corrected chi connectivity index (χ0v) is 17.3. The minimum Gasteiger partial charge on any atom is -0.467 e. The number of carbonyl (C=O) groups excluding carboxylic acids is 2. The first-order chi connectivity index (χ1) is 15.2. The fraction of sp³-hybridized carbons (Fsp3) is 0.292. The Morgan fingerprint density at radius 3 is 2.42 bits per heavy atom. The smallest absolute Gasteiger partial charge is 0.336 e. The Hall–Kier alpha value is -3.45. The summed E-state index contributed by atoms with van der Waals surface area (Å²) in [5, 5.41) is 0. The van der Waals surface area contributed by atoms with Gasteiger partial charge in [0.25, 0.3) is 0 Å². The van der Waals surface area contributed by atoms with E-state index >= 15 is 0 Å². The number of methoxy groups -OCH3 is 1. The van der Waals surface area contributed by atoms with E-state index in [1.54, 1.807) is 4.90 Å².